The predicted molar refractivity (Wildman–Crippen MR) is 109 cm³/mol. The number of rotatable bonds is 4. The average Bonchev–Trinajstić information content (AvgIpc) is 3.30. The number of amides is 3. The van der Waals surface area contributed by atoms with Gasteiger partial charge in [-0.05, 0) is 36.4 Å². The van der Waals surface area contributed by atoms with Crippen LogP contribution in [0.5, 0.6) is 0 Å². The van der Waals surface area contributed by atoms with Crippen molar-refractivity contribution in [1.82, 2.24) is 19.5 Å². The summed E-state index contributed by atoms with van der Waals surface area (Å²) in [4.78, 5) is 38.4. The standard InChI is InChI=1S/C22H15N5O3/c28-19(13-27-21(29)16-8-1-2-9-17(16)22(27)30)23-15-7-5-6-14(12-15)20-25-24-18-10-3-4-11-26(18)20/h1-12H,13H2,(H,23,28). The molecule has 1 aliphatic heterocycles. The summed E-state index contributed by atoms with van der Waals surface area (Å²) in [5.41, 5.74) is 2.65. The van der Waals surface area contributed by atoms with Gasteiger partial charge in [0.15, 0.2) is 11.5 Å². The molecule has 30 heavy (non-hydrogen) atoms. The van der Waals surface area contributed by atoms with Crippen LogP contribution in [0.2, 0.25) is 0 Å². The highest BCUT2D eigenvalue weighted by molar-refractivity contribution is 6.22. The average molecular weight is 397 g/mol. The van der Waals surface area contributed by atoms with Crippen molar-refractivity contribution in [3.8, 4) is 11.4 Å². The van der Waals surface area contributed by atoms with Gasteiger partial charge >= 0.3 is 0 Å². The Labute approximate surface area is 170 Å². The normalized spacial score (nSPS) is 13.0. The Morgan fingerprint density at radius 2 is 1.60 bits per heavy atom. The highest BCUT2D eigenvalue weighted by Gasteiger charge is 2.36. The second-order valence-corrected chi connectivity index (χ2v) is 6.82. The quantitative estimate of drug-likeness (QED) is 0.534. The molecule has 0 fully saturated rings. The molecule has 0 aliphatic carbocycles. The third kappa shape index (κ3) is 2.91. The van der Waals surface area contributed by atoms with E-state index in [4.69, 9.17) is 0 Å². The SMILES string of the molecule is O=C(CN1C(=O)c2ccccc2C1=O)Nc1cccc(-c2nnc3ccccn23)c1. The number of pyridine rings is 1. The predicted octanol–water partition coefficient (Wildman–Crippen LogP) is 2.63. The first kappa shape index (κ1) is 17.7. The van der Waals surface area contributed by atoms with Gasteiger partial charge < -0.3 is 5.32 Å². The summed E-state index contributed by atoms with van der Waals surface area (Å²) in [6, 6.07) is 19.3. The molecule has 0 spiro atoms. The monoisotopic (exact) mass is 397 g/mol. The van der Waals surface area contributed by atoms with Crippen LogP contribution in [0.4, 0.5) is 5.69 Å². The van der Waals surface area contributed by atoms with Crippen molar-refractivity contribution < 1.29 is 14.4 Å². The minimum absolute atomic E-state index is 0.316. The van der Waals surface area contributed by atoms with Gasteiger partial charge in [0.2, 0.25) is 5.91 Å². The number of aromatic nitrogens is 3. The maximum absolute atomic E-state index is 12.5. The number of carbonyl (C=O) groups is 3. The van der Waals surface area contributed by atoms with Crippen molar-refractivity contribution in [2.24, 2.45) is 0 Å². The third-order valence-electron chi connectivity index (χ3n) is 4.90. The summed E-state index contributed by atoms with van der Waals surface area (Å²) in [7, 11) is 0. The Morgan fingerprint density at radius 3 is 2.37 bits per heavy atom. The molecule has 0 atom stereocenters. The zero-order valence-corrected chi connectivity index (χ0v) is 15.6. The Hall–Kier alpha value is -4.33. The molecule has 146 valence electrons. The molecular formula is C22H15N5O3. The lowest BCUT2D eigenvalue weighted by molar-refractivity contribution is -0.116. The number of imide groups is 1. The zero-order chi connectivity index (χ0) is 20.7. The Morgan fingerprint density at radius 1 is 0.867 bits per heavy atom. The van der Waals surface area contributed by atoms with E-state index in [1.54, 1.807) is 42.5 Å². The second kappa shape index (κ2) is 6.93. The molecule has 0 radical (unpaired) electrons. The third-order valence-corrected chi connectivity index (χ3v) is 4.90. The summed E-state index contributed by atoms with van der Waals surface area (Å²) >= 11 is 0. The fourth-order valence-electron chi connectivity index (χ4n) is 3.50. The molecule has 0 bridgehead atoms. The molecule has 0 saturated carbocycles. The first-order valence-corrected chi connectivity index (χ1v) is 9.27. The van der Waals surface area contributed by atoms with E-state index >= 15 is 0 Å². The first-order valence-electron chi connectivity index (χ1n) is 9.27. The Bertz CT molecular complexity index is 1290. The Kier molecular flexibility index (Phi) is 4.10. The molecule has 2 aromatic heterocycles. The second-order valence-electron chi connectivity index (χ2n) is 6.82. The lowest BCUT2D eigenvalue weighted by Crippen LogP contribution is -2.37. The van der Waals surface area contributed by atoms with E-state index in [-0.39, 0.29) is 6.54 Å². The largest absolute Gasteiger partial charge is 0.325 e. The molecule has 1 N–H and O–H groups in total. The van der Waals surface area contributed by atoms with Crippen LogP contribution in [0.1, 0.15) is 20.7 Å². The lowest BCUT2D eigenvalue weighted by Gasteiger charge is -2.14. The van der Waals surface area contributed by atoms with Crippen molar-refractivity contribution in [2.75, 3.05) is 11.9 Å². The molecule has 1 aliphatic rings. The van der Waals surface area contributed by atoms with Crippen LogP contribution in [-0.4, -0.2) is 43.8 Å². The van der Waals surface area contributed by atoms with Crippen LogP contribution in [0.15, 0.2) is 72.9 Å². The van der Waals surface area contributed by atoms with Gasteiger partial charge in [-0.3, -0.25) is 23.7 Å². The van der Waals surface area contributed by atoms with E-state index in [0.29, 0.717) is 28.3 Å². The number of nitrogens with zero attached hydrogens (tertiary/aromatic N) is 4. The molecule has 3 heterocycles. The maximum atomic E-state index is 12.5. The van der Waals surface area contributed by atoms with Crippen LogP contribution < -0.4 is 5.32 Å². The van der Waals surface area contributed by atoms with E-state index in [9.17, 15) is 14.4 Å². The Balaban J connectivity index is 1.35. The summed E-state index contributed by atoms with van der Waals surface area (Å²) in [6.45, 7) is -0.357. The molecule has 2 aromatic carbocycles. The summed E-state index contributed by atoms with van der Waals surface area (Å²) in [6.07, 6.45) is 1.86. The van der Waals surface area contributed by atoms with Crippen molar-refractivity contribution in [1.29, 1.82) is 0 Å². The molecule has 3 amide bonds. The van der Waals surface area contributed by atoms with E-state index < -0.39 is 17.7 Å². The molecule has 8 nitrogen and oxygen atoms in total. The smallest absolute Gasteiger partial charge is 0.262 e. The summed E-state index contributed by atoms with van der Waals surface area (Å²) in [5.74, 6) is -0.751. The van der Waals surface area contributed by atoms with Gasteiger partial charge in [-0.1, -0.05) is 30.3 Å². The van der Waals surface area contributed by atoms with Gasteiger partial charge in [0, 0.05) is 17.4 Å². The van der Waals surface area contributed by atoms with Gasteiger partial charge in [0.05, 0.1) is 11.1 Å². The highest BCUT2D eigenvalue weighted by atomic mass is 16.2. The van der Waals surface area contributed by atoms with Crippen LogP contribution >= 0.6 is 0 Å². The van der Waals surface area contributed by atoms with E-state index in [1.807, 2.05) is 34.9 Å². The minimum Gasteiger partial charge on any atom is -0.325 e. The topological polar surface area (TPSA) is 96.7 Å². The first-order chi connectivity index (χ1) is 14.6. The van der Waals surface area contributed by atoms with Gasteiger partial charge in [-0.2, -0.15) is 0 Å². The fourth-order valence-corrected chi connectivity index (χ4v) is 3.50. The van der Waals surface area contributed by atoms with Crippen molar-refractivity contribution in [3.63, 3.8) is 0 Å². The zero-order valence-electron chi connectivity index (χ0n) is 15.6. The van der Waals surface area contributed by atoms with E-state index in [1.165, 1.54) is 0 Å². The van der Waals surface area contributed by atoms with Crippen molar-refractivity contribution >= 4 is 29.1 Å². The molecule has 5 rings (SSSR count). The van der Waals surface area contributed by atoms with E-state index in [2.05, 4.69) is 15.5 Å². The maximum Gasteiger partial charge on any atom is 0.262 e. The number of fused-ring (bicyclic) bond motifs is 2. The van der Waals surface area contributed by atoms with Crippen LogP contribution in [0, 0.1) is 0 Å². The van der Waals surface area contributed by atoms with Crippen molar-refractivity contribution in [3.05, 3.63) is 84.1 Å². The summed E-state index contributed by atoms with van der Waals surface area (Å²) < 4.78 is 1.85. The number of anilines is 1. The molecule has 0 saturated heterocycles. The van der Waals surface area contributed by atoms with Gasteiger partial charge in [0.25, 0.3) is 11.8 Å². The number of nitrogens with one attached hydrogen (secondary N) is 1. The van der Waals surface area contributed by atoms with Crippen LogP contribution in [0.3, 0.4) is 0 Å². The lowest BCUT2D eigenvalue weighted by atomic mass is 10.1. The number of hydrogen-bond acceptors (Lipinski definition) is 5. The fraction of sp³-hybridized carbons (Fsp3) is 0.0455. The number of carbonyl (C=O) groups excluding carboxylic acids is 3. The number of benzene rings is 2. The van der Waals surface area contributed by atoms with Crippen LogP contribution in [0.25, 0.3) is 17.0 Å². The van der Waals surface area contributed by atoms with Gasteiger partial charge in [-0.25, -0.2) is 0 Å². The van der Waals surface area contributed by atoms with Crippen molar-refractivity contribution in [2.45, 2.75) is 0 Å². The van der Waals surface area contributed by atoms with E-state index in [0.717, 1.165) is 10.5 Å². The van der Waals surface area contributed by atoms with Gasteiger partial charge in [-0.15, -0.1) is 10.2 Å². The molecule has 4 aromatic rings. The molecule has 8 heteroatoms. The van der Waals surface area contributed by atoms with Gasteiger partial charge in [0.1, 0.15) is 6.54 Å². The highest BCUT2D eigenvalue weighted by Crippen LogP contribution is 2.24. The van der Waals surface area contributed by atoms with Crippen LogP contribution in [-0.2, 0) is 4.79 Å². The molecule has 0 unspecified atom stereocenters. The molecular weight excluding hydrogens is 382 g/mol. The summed E-state index contributed by atoms with van der Waals surface area (Å²) in [5, 5.41) is 11.1. The minimum atomic E-state index is -0.465. The number of hydrogen-bond donors (Lipinski definition) is 1.